The lowest BCUT2D eigenvalue weighted by Gasteiger charge is -2.18. The van der Waals surface area contributed by atoms with E-state index < -0.39 is 0 Å². The molecule has 0 fully saturated rings. The first-order valence-electron chi connectivity index (χ1n) is 16.1. The van der Waals surface area contributed by atoms with E-state index in [1.807, 2.05) is 18.3 Å². The van der Waals surface area contributed by atoms with Crippen molar-refractivity contribution < 1.29 is 0 Å². The number of pyridine rings is 1. The predicted molar refractivity (Wildman–Crippen MR) is 195 cm³/mol. The van der Waals surface area contributed by atoms with Crippen LogP contribution >= 0.6 is 0 Å². The second kappa shape index (κ2) is 11.3. The summed E-state index contributed by atoms with van der Waals surface area (Å²) >= 11 is 0. The average molecular weight is 603 g/mol. The molecule has 3 aromatic heterocycles. The second-order valence-electron chi connectivity index (χ2n) is 12.0. The summed E-state index contributed by atoms with van der Waals surface area (Å²) in [6.07, 6.45) is 8.17. The molecule has 0 spiro atoms. The van der Waals surface area contributed by atoms with Crippen LogP contribution < -0.4 is 0 Å². The molecule has 4 nitrogen and oxygen atoms in total. The molecule has 1 aliphatic carbocycles. The second-order valence-corrected chi connectivity index (χ2v) is 12.0. The fraction of sp³-hybridized carbons (Fsp3) is 0.0465. The minimum Gasteiger partial charge on any atom is -0.313 e. The lowest BCUT2D eigenvalue weighted by atomic mass is 9.97. The Morgan fingerprint density at radius 2 is 1.17 bits per heavy atom. The van der Waals surface area contributed by atoms with E-state index in [-0.39, 0.29) is 0 Å². The van der Waals surface area contributed by atoms with Crippen LogP contribution in [0.15, 0.2) is 158 Å². The number of fused-ring (bicyclic) bond motifs is 4. The highest BCUT2D eigenvalue weighted by Gasteiger charge is 2.18. The van der Waals surface area contributed by atoms with Crippen LogP contribution in [0, 0.1) is 0 Å². The quantitative estimate of drug-likeness (QED) is 0.197. The molecular formula is C43H30N4. The summed E-state index contributed by atoms with van der Waals surface area (Å²) in [5.41, 5.74) is 12.3. The van der Waals surface area contributed by atoms with Gasteiger partial charge in [-0.25, -0.2) is 9.97 Å². The summed E-state index contributed by atoms with van der Waals surface area (Å²) in [4.78, 5) is 14.7. The van der Waals surface area contributed by atoms with Crippen molar-refractivity contribution in [3.63, 3.8) is 0 Å². The summed E-state index contributed by atoms with van der Waals surface area (Å²) in [5, 5.41) is 3.71. The molecule has 0 amide bonds. The van der Waals surface area contributed by atoms with Gasteiger partial charge in [-0.1, -0.05) is 109 Å². The fourth-order valence-electron chi connectivity index (χ4n) is 6.82. The van der Waals surface area contributed by atoms with Crippen molar-refractivity contribution in [2.45, 2.75) is 12.8 Å². The van der Waals surface area contributed by atoms with Crippen LogP contribution in [-0.2, 0) is 0 Å². The van der Waals surface area contributed by atoms with Gasteiger partial charge in [0.2, 0.25) is 0 Å². The van der Waals surface area contributed by atoms with Crippen molar-refractivity contribution in [1.29, 1.82) is 0 Å². The molecule has 4 heteroatoms. The smallest absolute Gasteiger partial charge is 0.160 e. The molecule has 8 aromatic rings. The van der Waals surface area contributed by atoms with E-state index in [1.54, 1.807) is 0 Å². The standard InChI is InChI=1S/C43H30N4/c1-2-9-30(10-3-1)39-28-40(31-20-23-35(24-21-31)47-41-14-6-4-12-36(41)37-13-5-7-15-42(37)47)46-43(45-39)32-18-16-29(17-19-32)33-22-25-38-34(27-33)11-8-26-44-38/h1-20,22-23,25-28H,21,24H2. The van der Waals surface area contributed by atoms with Gasteiger partial charge in [0.25, 0.3) is 0 Å². The molecule has 5 aromatic carbocycles. The molecule has 0 N–H and O–H groups in total. The molecule has 47 heavy (non-hydrogen) atoms. The summed E-state index contributed by atoms with van der Waals surface area (Å²) in [7, 11) is 0. The Morgan fingerprint density at radius 1 is 0.489 bits per heavy atom. The highest BCUT2D eigenvalue weighted by atomic mass is 15.0. The highest BCUT2D eigenvalue weighted by Crippen LogP contribution is 2.37. The molecule has 0 radical (unpaired) electrons. The molecule has 0 unspecified atom stereocenters. The number of benzene rings is 5. The largest absolute Gasteiger partial charge is 0.313 e. The Morgan fingerprint density at radius 3 is 1.91 bits per heavy atom. The van der Waals surface area contributed by atoms with Gasteiger partial charge < -0.3 is 4.57 Å². The van der Waals surface area contributed by atoms with Crippen LogP contribution in [0.2, 0.25) is 0 Å². The lowest BCUT2D eigenvalue weighted by Crippen LogP contribution is -2.03. The molecule has 0 saturated heterocycles. The van der Waals surface area contributed by atoms with Gasteiger partial charge in [-0.05, 0) is 72.0 Å². The maximum absolute atomic E-state index is 5.16. The number of nitrogens with zero attached hydrogens (tertiary/aromatic N) is 4. The monoisotopic (exact) mass is 602 g/mol. The predicted octanol–water partition coefficient (Wildman–Crippen LogP) is 10.9. The van der Waals surface area contributed by atoms with Gasteiger partial charge >= 0.3 is 0 Å². The van der Waals surface area contributed by atoms with E-state index in [4.69, 9.17) is 9.97 Å². The molecular weight excluding hydrogens is 573 g/mol. The molecule has 3 heterocycles. The van der Waals surface area contributed by atoms with Crippen molar-refractivity contribution in [1.82, 2.24) is 19.5 Å². The Bertz CT molecular complexity index is 2450. The topological polar surface area (TPSA) is 43.6 Å². The first-order chi connectivity index (χ1) is 23.3. The van der Waals surface area contributed by atoms with Gasteiger partial charge in [0.05, 0.1) is 27.9 Å². The maximum Gasteiger partial charge on any atom is 0.160 e. The SMILES string of the molecule is C1=C(c2cc(-c3ccccc3)nc(-c3ccc(-c4ccc5ncccc5c4)cc3)n2)CCC(n2c3ccccc3c3ccccc32)=C1. The van der Waals surface area contributed by atoms with Crippen LogP contribution in [-0.4, -0.2) is 19.5 Å². The highest BCUT2D eigenvalue weighted by molar-refractivity contribution is 6.10. The number of hydrogen-bond donors (Lipinski definition) is 0. The molecule has 0 bridgehead atoms. The van der Waals surface area contributed by atoms with E-state index in [0.29, 0.717) is 0 Å². The molecule has 0 aliphatic heterocycles. The van der Waals surface area contributed by atoms with E-state index in [9.17, 15) is 0 Å². The fourth-order valence-corrected chi connectivity index (χ4v) is 6.82. The zero-order chi connectivity index (χ0) is 31.2. The maximum atomic E-state index is 5.16. The molecule has 1 aliphatic rings. The number of para-hydroxylation sites is 2. The van der Waals surface area contributed by atoms with Crippen LogP contribution in [0.3, 0.4) is 0 Å². The minimum absolute atomic E-state index is 0.730. The lowest BCUT2D eigenvalue weighted by molar-refractivity contribution is 0.981. The Balaban J connectivity index is 1.11. The first kappa shape index (κ1) is 27.2. The number of hydrogen-bond acceptors (Lipinski definition) is 3. The van der Waals surface area contributed by atoms with Crippen LogP contribution in [0.25, 0.3) is 77.8 Å². The van der Waals surface area contributed by atoms with Gasteiger partial charge in [-0.15, -0.1) is 0 Å². The summed E-state index contributed by atoms with van der Waals surface area (Å²) in [5.74, 6) is 0.730. The van der Waals surface area contributed by atoms with E-state index >= 15 is 0 Å². The van der Waals surface area contributed by atoms with E-state index in [0.717, 1.165) is 63.2 Å². The van der Waals surface area contributed by atoms with Crippen molar-refractivity contribution >= 4 is 44.0 Å². The van der Waals surface area contributed by atoms with Gasteiger partial charge in [0.1, 0.15) is 0 Å². The number of aromatic nitrogens is 4. The normalized spacial score (nSPS) is 13.2. The van der Waals surface area contributed by atoms with Crippen LogP contribution in [0.4, 0.5) is 0 Å². The first-order valence-corrected chi connectivity index (χ1v) is 16.1. The summed E-state index contributed by atoms with van der Waals surface area (Å²) in [6, 6.07) is 49.0. The van der Waals surface area contributed by atoms with Gasteiger partial charge in [0.15, 0.2) is 5.82 Å². The van der Waals surface area contributed by atoms with Crippen molar-refractivity contribution in [3.8, 4) is 33.8 Å². The molecule has 0 atom stereocenters. The third-order valence-electron chi connectivity index (χ3n) is 9.20. The molecule has 222 valence electrons. The number of rotatable bonds is 5. The molecule has 9 rings (SSSR count). The van der Waals surface area contributed by atoms with Gasteiger partial charge in [-0.3, -0.25) is 4.98 Å². The summed E-state index contributed by atoms with van der Waals surface area (Å²) in [6.45, 7) is 0. The molecule has 0 saturated carbocycles. The Hall–Kier alpha value is -6.13. The van der Waals surface area contributed by atoms with Gasteiger partial charge in [0, 0.05) is 39.2 Å². The average Bonchev–Trinajstić information content (AvgIpc) is 3.49. The van der Waals surface area contributed by atoms with Crippen molar-refractivity contribution in [2.75, 3.05) is 0 Å². The third-order valence-corrected chi connectivity index (χ3v) is 9.20. The van der Waals surface area contributed by atoms with Crippen LogP contribution in [0.5, 0.6) is 0 Å². The zero-order valence-corrected chi connectivity index (χ0v) is 25.7. The van der Waals surface area contributed by atoms with Crippen LogP contribution in [0.1, 0.15) is 18.5 Å². The van der Waals surface area contributed by atoms with Crippen molar-refractivity contribution in [2.24, 2.45) is 0 Å². The van der Waals surface area contributed by atoms with Crippen molar-refractivity contribution in [3.05, 3.63) is 164 Å². The third kappa shape index (κ3) is 4.91. The Labute approximate surface area is 273 Å². The van der Waals surface area contributed by atoms with Gasteiger partial charge in [-0.2, -0.15) is 0 Å². The number of allylic oxidation sites excluding steroid dienone is 4. The van der Waals surface area contributed by atoms with E-state index in [1.165, 1.54) is 33.1 Å². The zero-order valence-electron chi connectivity index (χ0n) is 25.7. The minimum atomic E-state index is 0.730. The summed E-state index contributed by atoms with van der Waals surface area (Å²) < 4.78 is 2.42. The van der Waals surface area contributed by atoms with E-state index in [2.05, 4.69) is 149 Å². The Kier molecular flexibility index (Phi) is 6.57.